The Kier molecular flexibility index (Phi) is 3.05. The van der Waals surface area contributed by atoms with Crippen molar-refractivity contribution in [2.75, 3.05) is 5.32 Å². The zero-order valence-electron chi connectivity index (χ0n) is 8.50. The number of hydrogen-bond donors (Lipinski definition) is 1. The molecule has 1 heterocycles. The van der Waals surface area contributed by atoms with E-state index in [2.05, 4.69) is 15.5 Å². The molecule has 0 fully saturated rings. The third-order valence-corrected chi connectivity index (χ3v) is 2.17. The lowest BCUT2D eigenvalue weighted by atomic mass is 10.3. The first-order valence-corrected chi connectivity index (χ1v) is 5.01. The fraction of sp³-hybridized carbons (Fsp3) is 0.200. The Morgan fingerprint density at radius 2 is 2.31 bits per heavy atom. The summed E-state index contributed by atoms with van der Waals surface area (Å²) in [4.78, 5) is 3.98. The number of nitrogens with one attached hydrogen (secondary N) is 1. The highest BCUT2D eigenvalue weighted by molar-refractivity contribution is 6.30. The number of benzene rings is 1. The lowest BCUT2D eigenvalue weighted by Gasteiger charge is -2.04. The van der Waals surface area contributed by atoms with Gasteiger partial charge in [-0.3, -0.25) is 0 Å². The van der Waals surface area contributed by atoms with Gasteiger partial charge in [-0.2, -0.15) is 4.98 Å². The molecule has 1 aromatic carbocycles. The second-order valence-corrected chi connectivity index (χ2v) is 3.65. The van der Waals surface area contributed by atoms with Gasteiger partial charge in [0.05, 0.1) is 12.2 Å². The van der Waals surface area contributed by atoms with Crippen molar-refractivity contribution in [1.29, 1.82) is 0 Å². The van der Waals surface area contributed by atoms with Crippen LogP contribution < -0.4 is 5.32 Å². The third kappa shape index (κ3) is 2.49. The highest BCUT2D eigenvalue weighted by Crippen LogP contribution is 2.19. The smallest absolute Gasteiger partial charge is 0.245 e. The summed E-state index contributed by atoms with van der Waals surface area (Å²) in [5.41, 5.74) is 0.347. The SMILES string of the molecule is Cc1noc(CNc2ccc(Cl)cc2F)n1. The Morgan fingerprint density at radius 1 is 1.50 bits per heavy atom. The van der Waals surface area contributed by atoms with E-state index < -0.39 is 5.82 Å². The van der Waals surface area contributed by atoms with E-state index in [1.165, 1.54) is 6.07 Å². The molecule has 0 spiro atoms. The Balaban J connectivity index is 2.04. The monoisotopic (exact) mass is 241 g/mol. The summed E-state index contributed by atoms with van der Waals surface area (Å²) in [6.07, 6.45) is 0. The minimum Gasteiger partial charge on any atom is -0.374 e. The summed E-state index contributed by atoms with van der Waals surface area (Å²) in [6, 6.07) is 4.40. The minimum absolute atomic E-state index is 0.277. The Hall–Kier alpha value is -1.62. The van der Waals surface area contributed by atoms with Gasteiger partial charge >= 0.3 is 0 Å². The fourth-order valence-corrected chi connectivity index (χ4v) is 1.37. The van der Waals surface area contributed by atoms with Gasteiger partial charge in [0, 0.05) is 5.02 Å². The molecular weight excluding hydrogens is 233 g/mol. The van der Waals surface area contributed by atoms with Crippen molar-refractivity contribution in [3.63, 3.8) is 0 Å². The summed E-state index contributed by atoms with van der Waals surface area (Å²) in [5, 5.41) is 6.82. The summed E-state index contributed by atoms with van der Waals surface area (Å²) >= 11 is 5.63. The van der Waals surface area contributed by atoms with E-state index in [-0.39, 0.29) is 6.54 Å². The molecule has 2 rings (SSSR count). The van der Waals surface area contributed by atoms with Crippen molar-refractivity contribution in [3.8, 4) is 0 Å². The Labute approximate surface area is 96.4 Å². The second kappa shape index (κ2) is 4.49. The number of anilines is 1. The Morgan fingerprint density at radius 3 is 2.94 bits per heavy atom. The van der Waals surface area contributed by atoms with Gasteiger partial charge in [-0.1, -0.05) is 16.8 Å². The average molecular weight is 242 g/mol. The standard InChI is InChI=1S/C10H9ClFN3O/c1-6-14-10(16-15-6)5-13-9-3-2-7(11)4-8(9)12/h2-4,13H,5H2,1H3. The molecule has 0 radical (unpaired) electrons. The normalized spacial score (nSPS) is 10.4. The molecule has 0 bridgehead atoms. The van der Waals surface area contributed by atoms with Crippen molar-refractivity contribution >= 4 is 17.3 Å². The molecule has 1 aromatic heterocycles. The van der Waals surface area contributed by atoms with Crippen molar-refractivity contribution < 1.29 is 8.91 Å². The van der Waals surface area contributed by atoms with Gasteiger partial charge in [0.15, 0.2) is 5.82 Å². The molecule has 1 N–H and O–H groups in total. The molecular formula is C10H9ClFN3O. The number of hydrogen-bond acceptors (Lipinski definition) is 4. The maximum absolute atomic E-state index is 13.3. The maximum Gasteiger partial charge on any atom is 0.245 e. The summed E-state index contributed by atoms with van der Waals surface area (Å²) in [7, 11) is 0. The molecule has 2 aromatic rings. The van der Waals surface area contributed by atoms with Crippen LogP contribution >= 0.6 is 11.6 Å². The molecule has 0 aliphatic rings. The first-order chi connectivity index (χ1) is 7.65. The van der Waals surface area contributed by atoms with Crippen molar-refractivity contribution in [2.24, 2.45) is 0 Å². The van der Waals surface area contributed by atoms with Crippen molar-refractivity contribution in [2.45, 2.75) is 13.5 Å². The van der Waals surface area contributed by atoms with Gasteiger partial charge in [0.25, 0.3) is 0 Å². The summed E-state index contributed by atoms with van der Waals surface area (Å²) in [6.45, 7) is 2.00. The largest absolute Gasteiger partial charge is 0.374 e. The van der Waals surface area contributed by atoms with Crippen LogP contribution in [-0.4, -0.2) is 10.1 Å². The first kappa shape index (κ1) is 10.9. The van der Waals surface area contributed by atoms with Crippen LogP contribution in [0, 0.1) is 12.7 Å². The lowest BCUT2D eigenvalue weighted by Crippen LogP contribution is -2.01. The molecule has 0 aliphatic heterocycles. The first-order valence-electron chi connectivity index (χ1n) is 4.63. The van der Waals surface area contributed by atoms with E-state index in [9.17, 15) is 4.39 Å². The van der Waals surface area contributed by atoms with Gasteiger partial charge < -0.3 is 9.84 Å². The van der Waals surface area contributed by atoms with Crippen LogP contribution in [0.4, 0.5) is 10.1 Å². The zero-order chi connectivity index (χ0) is 11.5. The summed E-state index contributed by atoms with van der Waals surface area (Å²) < 4.78 is 18.2. The number of aromatic nitrogens is 2. The molecule has 0 atom stereocenters. The number of aryl methyl sites for hydroxylation is 1. The third-order valence-electron chi connectivity index (χ3n) is 1.93. The topological polar surface area (TPSA) is 51.0 Å². The fourth-order valence-electron chi connectivity index (χ4n) is 1.22. The number of nitrogens with zero attached hydrogens (tertiary/aromatic N) is 2. The van der Waals surface area contributed by atoms with Crippen LogP contribution in [0.15, 0.2) is 22.7 Å². The van der Waals surface area contributed by atoms with Crippen LogP contribution in [0.2, 0.25) is 5.02 Å². The zero-order valence-corrected chi connectivity index (χ0v) is 9.25. The van der Waals surface area contributed by atoms with Crippen LogP contribution in [0.3, 0.4) is 0 Å². The van der Waals surface area contributed by atoms with Crippen LogP contribution in [-0.2, 0) is 6.54 Å². The molecule has 16 heavy (non-hydrogen) atoms. The quantitative estimate of drug-likeness (QED) is 0.898. The van der Waals surface area contributed by atoms with Crippen LogP contribution in [0.25, 0.3) is 0 Å². The molecule has 6 heteroatoms. The van der Waals surface area contributed by atoms with Gasteiger partial charge in [0.2, 0.25) is 5.89 Å². The van der Waals surface area contributed by atoms with E-state index in [1.54, 1.807) is 19.1 Å². The molecule has 4 nitrogen and oxygen atoms in total. The van der Waals surface area contributed by atoms with Crippen LogP contribution in [0.1, 0.15) is 11.7 Å². The predicted molar refractivity (Wildman–Crippen MR) is 57.8 cm³/mol. The van der Waals surface area contributed by atoms with E-state index in [1.807, 2.05) is 0 Å². The van der Waals surface area contributed by atoms with Crippen molar-refractivity contribution in [1.82, 2.24) is 10.1 Å². The maximum atomic E-state index is 13.3. The van der Waals surface area contributed by atoms with E-state index in [4.69, 9.17) is 16.1 Å². The molecule has 0 amide bonds. The molecule has 0 saturated carbocycles. The molecule has 0 aliphatic carbocycles. The highest BCUT2D eigenvalue weighted by atomic mass is 35.5. The molecule has 84 valence electrons. The average Bonchev–Trinajstić information content (AvgIpc) is 2.63. The predicted octanol–water partition coefficient (Wildman–Crippen LogP) is 2.78. The van der Waals surface area contributed by atoms with Gasteiger partial charge in [-0.15, -0.1) is 0 Å². The lowest BCUT2D eigenvalue weighted by molar-refractivity contribution is 0.379. The van der Waals surface area contributed by atoms with E-state index >= 15 is 0 Å². The number of halogens is 2. The van der Waals surface area contributed by atoms with Crippen molar-refractivity contribution in [3.05, 3.63) is 40.8 Å². The van der Waals surface area contributed by atoms with E-state index in [0.29, 0.717) is 22.4 Å². The molecule has 0 saturated heterocycles. The second-order valence-electron chi connectivity index (χ2n) is 3.21. The van der Waals surface area contributed by atoms with Crippen LogP contribution in [0.5, 0.6) is 0 Å². The molecule has 0 unspecified atom stereocenters. The highest BCUT2D eigenvalue weighted by Gasteiger charge is 2.05. The Bertz CT molecular complexity index is 501. The van der Waals surface area contributed by atoms with E-state index in [0.717, 1.165) is 0 Å². The van der Waals surface area contributed by atoms with Gasteiger partial charge in [-0.05, 0) is 25.1 Å². The van der Waals surface area contributed by atoms with Gasteiger partial charge in [0.1, 0.15) is 5.82 Å². The summed E-state index contributed by atoms with van der Waals surface area (Å²) in [5.74, 6) is 0.545. The minimum atomic E-state index is -0.413. The number of rotatable bonds is 3. The van der Waals surface area contributed by atoms with Gasteiger partial charge in [-0.25, -0.2) is 4.39 Å².